The van der Waals surface area contributed by atoms with Gasteiger partial charge >= 0.3 is 0 Å². The number of hydrogen-bond acceptors (Lipinski definition) is 4. The van der Waals surface area contributed by atoms with Crippen LogP contribution in [0.1, 0.15) is 25.7 Å². The molecule has 1 heterocycles. The van der Waals surface area contributed by atoms with Gasteiger partial charge in [-0.3, -0.25) is 9.98 Å². The summed E-state index contributed by atoms with van der Waals surface area (Å²) in [5.41, 5.74) is 4.35. The van der Waals surface area contributed by atoms with Crippen LogP contribution in [0.2, 0.25) is 0 Å². The fourth-order valence-corrected chi connectivity index (χ4v) is 2.97. The van der Waals surface area contributed by atoms with Crippen LogP contribution in [0.5, 0.6) is 0 Å². The van der Waals surface area contributed by atoms with Gasteiger partial charge in [0.1, 0.15) is 0 Å². The molecule has 0 amide bonds. The fourth-order valence-electron chi connectivity index (χ4n) is 2.97. The Morgan fingerprint density at radius 1 is 0.577 bits per heavy atom. The van der Waals surface area contributed by atoms with Gasteiger partial charge in [0, 0.05) is 26.2 Å². The largest absolute Gasteiger partial charge is 0.383 e. The molecule has 2 N–H and O–H groups in total. The first-order chi connectivity index (χ1) is 12.9. The third-order valence-corrected chi connectivity index (χ3v) is 4.40. The van der Waals surface area contributed by atoms with Gasteiger partial charge in [-0.2, -0.15) is 0 Å². The maximum Gasteiger partial charge on any atom is 0.0805 e. The Hall–Kier alpha value is -2.62. The smallest absolute Gasteiger partial charge is 0.0805 e. The van der Waals surface area contributed by atoms with Crippen molar-refractivity contribution in [2.24, 2.45) is 9.98 Å². The van der Waals surface area contributed by atoms with Gasteiger partial charge in [0.15, 0.2) is 0 Å². The van der Waals surface area contributed by atoms with Gasteiger partial charge in [-0.25, -0.2) is 0 Å². The minimum atomic E-state index is 0.847. The minimum Gasteiger partial charge on any atom is -0.383 e. The van der Waals surface area contributed by atoms with E-state index in [1.54, 1.807) is 0 Å². The van der Waals surface area contributed by atoms with Crippen molar-refractivity contribution in [3.8, 4) is 0 Å². The number of allylic oxidation sites excluding steroid dienone is 10. The van der Waals surface area contributed by atoms with Crippen LogP contribution in [0.25, 0.3) is 0 Å². The van der Waals surface area contributed by atoms with Gasteiger partial charge in [-0.15, -0.1) is 0 Å². The predicted octanol–water partition coefficient (Wildman–Crippen LogP) is 3.64. The van der Waals surface area contributed by atoms with E-state index in [0.717, 1.165) is 74.7 Å². The van der Waals surface area contributed by atoms with Crippen molar-refractivity contribution in [2.75, 3.05) is 26.2 Å². The van der Waals surface area contributed by atoms with Crippen molar-refractivity contribution in [1.29, 1.82) is 0 Å². The van der Waals surface area contributed by atoms with Crippen molar-refractivity contribution in [2.45, 2.75) is 25.7 Å². The van der Waals surface area contributed by atoms with E-state index in [-0.39, 0.29) is 0 Å². The summed E-state index contributed by atoms with van der Waals surface area (Å²) < 4.78 is 0. The minimum absolute atomic E-state index is 0.847. The Morgan fingerprint density at radius 2 is 1.08 bits per heavy atom. The molecule has 0 aromatic carbocycles. The van der Waals surface area contributed by atoms with E-state index >= 15 is 0 Å². The highest BCUT2D eigenvalue weighted by Gasteiger charge is 2.06. The summed E-state index contributed by atoms with van der Waals surface area (Å²) in [6.07, 6.45) is 25.1. The molecule has 0 bridgehead atoms. The summed E-state index contributed by atoms with van der Waals surface area (Å²) in [5, 5.41) is 7.08. The summed E-state index contributed by atoms with van der Waals surface area (Å²) in [4.78, 5) is 9.60. The Kier molecular flexibility index (Phi) is 7.26. The van der Waals surface area contributed by atoms with Crippen LogP contribution < -0.4 is 10.6 Å². The van der Waals surface area contributed by atoms with Crippen LogP contribution in [0.4, 0.5) is 0 Å². The number of fused-ring (bicyclic) bond motifs is 2. The van der Waals surface area contributed by atoms with Crippen molar-refractivity contribution in [3.63, 3.8) is 0 Å². The zero-order valence-corrected chi connectivity index (χ0v) is 15.3. The number of rotatable bonds is 0. The van der Waals surface area contributed by atoms with Gasteiger partial charge in [-0.1, -0.05) is 36.5 Å². The lowest BCUT2D eigenvalue weighted by atomic mass is 10.2. The molecule has 2 aliphatic carbocycles. The highest BCUT2D eigenvalue weighted by atomic mass is 14.9. The summed E-state index contributed by atoms with van der Waals surface area (Å²) >= 11 is 0. The zero-order valence-electron chi connectivity index (χ0n) is 15.3. The molecule has 26 heavy (non-hydrogen) atoms. The van der Waals surface area contributed by atoms with Gasteiger partial charge < -0.3 is 10.6 Å². The fraction of sp³-hybridized carbons (Fsp3) is 0.364. The molecule has 4 nitrogen and oxygen atoms in total. The molecule has 0 spiro atoms. The first kappa shape index (κ1) is 18.2. The van der Waals surface area contributed by atoms with E-state index in [1.807, 2.05) is 12.2 Å². The Morgan fingerprint density at radius 3 is 1.58 bits per heavy atom. The average Bonchev–Trinajstić information content (AvgIpc) is 3.01. The number of hydrogen-bond donors (Lipinski definition) is 2. The molecule has 0 fully saturated rings. The van der Waals surface area contributed by atoms with Gasteiger partial charge in [0.05, 0.1) is 22.8 Å². The molecule has 0 saturated heterocycles. The maximum atomic E-state index is 4.80. The van der Waals surface area contributed by atoms with Crippen LogP contribution in [-0.2, 0) is 0 Å². The molecule has 3 aliphatic rings. The van der Waals surface area contributed by atoms with Crippen molar-refractivity contribution in [1.82, 2.24) is 10.6 Å². The number of nitrogens with zero attached hydrogens (tertiary/aromatic N) is 2. The average molecular weight is 348 g/mol. The molecule has 0 aromatic heterocycles. The SMILES string of the molecule is C1=CC=C2NCCCCN=C3C=CC=CC=C3NCCCCN=C2C=C1. The lowest BCUT2D eigenvalue weighted by Crippen LogP contribution is -2.22. The van der Waals surface area contributed by atoms with E-state index in [1.165, 1.54) is 0 Å². The van der Waals surface area contributed by atoms with Crippen molar-refractivity contribution in [3.05, 3.63) is 72.2 Å². The van der Waals surface area contributed by atoms with Gasteiger partial charge in [0.2, 0.25) is 0 Å². The molecule has 136 valence electrons. The van der Waals surface area contributed by atoms with Crippen LogP contribution in [0.3, 0.4) is 0 Å². The molecule has 4 heteroatoms. The number of nitrogens with one attached hydrogen (secondary N) is 2. The molecular weight excluding hydrogens is 320 g/mol. The van der Waals surface area contributed by atoms with E-state index in [9.17, 15) is 0 Å². The topological polar surface area (TPSA) is 48.8 Å². The first-order valence-corrected chi connectivity index (χ1v) is 9.61. The molecule has 1 aliphatic heterocycles. The predicted molar refractivity (Wildman–Crippen MR) is 112 cm³/mol. The van der Waals surface area contributed by atoms with Crippen molar-refractivity contribution >= 4 is 11.4 Å². The molecule has 0 aromatic rings. The van der Waals surface area contributed by atoms with E-state index < -0.39 is 0 Å². The van der Waals surface area contributed by atoms with Crippen LogP contribution >= 0.6 is 0 Å². The summed E-state index contributed by atoms with van der Waals surface area (Å²) in [5.74, 6) is 0. The Balaban J connectivity index is 1.67. The summed E-state index contributed by atoms with van der Waals surface area (Å²) in [6.45, 7) is 3.58. The van der Waals surface area contributed by atoms with Gasteiger partial charge in [-0.05, 0) is 50.0 Å². The van der Waals surface area contributed by atoms with Crippen molar-refractivity contribution < 1.29 is 0 Å². The molecule has 0 saturated carbocycles. The molecule has 0 radical (unpaired) electrons. The van der Waals surface area contributed by atoms with Gasteiger partial charge in [0.25, 0.3) is 0 Å². The number of aliphatic imine (C=N–C) groups is 2. The molecule has 0 unspecified atom stereocenters. The lowest BCUT2D eigenvalue weighted by Gasteiger charge is -2.13. The highest BCUT2D eigenvalue weighted by molar-refractivity contribution is 6.09. The Labute approximate surface area is 156 Å². The highest BCUT2D eigenvalue weighted by Crippen LogP contribution is 2.07. The monoisotopic (exact) mass is 348 g/mol. The maximum absolute atomic E-state index is 4.80. The molecule has 3 rings (SSSR count). The van der Waals surface area contributed by atoms with Crippen LogP contribution in [-0.4, -0.2) is 37.6 Å². The standard InChI is InChI=1S/C22H28N4/c1-3-11-19-20(12-4-1)24-16-8-10-18-26-22-14-6-2-5-13-21(22)25-17-9-7-15-23-19/h1-6,11-14,23,26H,7-10,15-18H2. The lowest BCUT2D eigenvalue weighted by molar-refractivity contribution is 0.684. The second kappa shape index (κ2) is 10.4. The van der Waals surface area contributed by atoms with E-state index in [2.05, 4.69) is 59.2 Å². The quantitative estimate of drug-likeness (QED) is 0.702. The first-order valence-electron chi connectivity index (χ1n) is 9.61. The normalized spacial score (nSPS) is 21.5. The van der Waals surface area contributed by atoms with E-state index in [4.69, 9.17) is 9.98 Å². The molecule has 0 atom stereocenters. The Bertz CT molecular complexity index is 652. The second-order valence-corrected chi connectivity index (χ2v) is 6.45. The second-order valence-electron chi connectivity index (χ2n) is 6.45. The van der Waals surface area contributed by atoms with Crippen LogP contribution in [0.15, 0.2) is 82.1 Å². The molecular formula is C22H28N4. The third-order valence-electron chi connectivity index (χ3n) is 4.40. The van der Waals surface area contributed by atoms with Crippen LogP contribution in [0, 0.1) is 0 Å². The third kappa shape index (κ3) is 5.73. The summed E-state index contributed by atoms with van der Waals surface area (Å²) in [6, 6.07) is 0. The zero-order chi connectivity index (χ0) is 17.9. The van der Waals surface area contributed by atoms with E-state index in [0.29, 0.717) is 0 Å². The summed E-state index contributed by atoms with van der Waals surface area (Å²) in [7, 11) is 0.